The van der Waals surface area contributed by atoms with Crippen molar-refractivity contribution < 1.29 is 0 Å². The van der Waals surface area contributed by atoms with Gasteiger partial charge in [0.15, 0.2) is 0 Å². The molecule has 3 unspecified atom stereocenters. The highest BCUT2D eigenvalue weighted by atomic mass is 32.2. The van der Waals surface area contributed by atoms with Crippen LogP contribution in [0.1, 0.15) is 53.9 Å². The molecule has 0 amide bonds. The average Bonchev–Trinajstić information content (AvgIpc) is 2.10. The first-order valence-corrected chi connectivity index (χ1v) is 7.25. The van der Waals surface area contributed by atoms with Crippen LogP contribution in [-0.4, -0.2) is 10.5 Å². The van der Waals surface area contributed by atoms with Crippen LogP contribution < -0.4 is 0 Å². The number of rotatable bonds is 3. The standard InChI is InChI=1S/C14H26S/c1-10(2)9-13(5)15-14-11(3)7-6-8-12(14)4/h9,11-14H,6-8H2,1-5H3. The van der Waals surface area contributed by atoms with Crippen LogP contribution in [0.15, 0.2) is 11.6 Å². The first kappa shape index (κ1) is 13.2. The van der Waals surface area contributed by atoms with Gasteiger partial charge in [0.25, 0.3) is 0 Å². The Kier molecular flexibility index (Phi) is 5.25. The molecular formula is C14H26S. The van der Waals surface area contributed by atoms with E-state index >= 15 is 0 Å². The third-order valence-electron chi connectivity index (χ3n) is 3.38. The lowest BCUT2D eigenvalue weighted by molar-refractivity contribution is 0.314. The maximum Gasteiger partial charge on any atom is 0.0204 e. The van der Waals surface area contributed by atoms with E-state index in [4.69, 9.17) is 0 Å². The van der Waals surface area contributed by atoms with Crippen molar-refractivity contribution in [1.29, 1.82) is 0 Å². The van der Waals surface area contributed by atoms with Crippen molar-refractivity contribution in [2.75, 3.05) is 0 Å². The molecular weight excluding hydrogens is 200 g/mol. The van der Waals surface area contributed by atoms with E-state index in [0.717, 1.165) is 17.1 Å². The van der Waals surface area contributed by atoms with E-state index in [9.17, 15) is 0 Å². The SMILES string of the molecule is CC(C)=CC(C)SC1C(C)CCCC1C. The van der Waals surface area contributed by atoms with E-state index in [-0.39, 0.29) is 0 Å². The second-order valence-corrected chi connectivity index (χ2v) is 7.00. The molecule has 1 heteroatoms. The lowest BCUT2D eigenvalue weighted by Gasteiger charge is -2.35. The van der Waals surface area contributed by atoms with Crippen LogP contribution >= 0.6 is 11.8 Å². The summed E-state index contributed by atoms with van der Waals surface area (Å²) >= 11 is 2.19. The van der Waals surface area contributed by atoms with Gasteiger partial charge in [-0.25, -0.2) is 0 Å². The lowest BCUT2D eigenvalue weighted by atomic mass is 9.83. The van der Waals surface area contributed by atoms with Crippen LogP contribution in [-0.2, 0) is 0 Å². The Morgan fingerprint density at radius 3 is 2.20 bits per heavy atom. The van der Waals surface area contributed by atoms with Gasteiger partial charge in [-0.3, -0.25) is 0 Å². The third-order valence-corrected chi connectivity index (χ3v) is 5.19. The zero-order valence-corrected chi connectivity index (χ0v) is 11.7. The van der Waals surface area contributed by atoms with Gasteiger partial charge in [-0.15, -0.1) is 0 Å². The average molecular weight is 226 g/mol. The molecule has 0 heterocycles. The van der Waals surface area contributed by atoms with Crippen LogP contribution in [0.4, 0.5) is 0 Å². The molecule has 0 saturated heterocycles. The van der Waals surface area contributed by atoms with E-state index in [1.54, 1.807) is 0 Å². The van der Waals surface area contributed by atoms with Gasteiger partial charge in [0.2, 0.25) is 0 Å². The highest BCUT2D eigenvalue weighted by molar-refractivity contribution is 8.00. The van der Waals surface area contributed by atoms with Gasteiger partial charge in [0, 0.05) is 10.5 Å². The number of hydrogen-bond donors (Lipinski definition) is 0. The molecule has 0 spiro atoms. The molecule has 0 aromatic rings. The van der Waals surface area contributed by atoms with Gasteiger partial charge in [0.1, 0.15) is 0 Å². The Morgan fingerprint density at radius 1 is 1.20 bits per heavy atom. The summed E-state index contributed by atoms with van der Waals surface area (Å²) in [5.41, 5.74) is 1.45. The van der Waals surface area contributed by atoms with Gasteiger partial charge in [-0.1, -0.05) is 31.9 Å². The van der Waals surface area contributed by atoms with Crippen LogP contribution in [0.5, 0.6) is 0 Å². The molecule has 0 N–H and O–H groups in total. The smallest absolute Gasteiger partial charge is 0.0204 e. The van der Waals surface area contributed by atoms with Crippen LogP contribution in [0, 0.1) is 11.8 Å². The third kappa shape index (κ3) is 4.22. The molecule has 0 radical (unpaired) electrons. The molecule has 88 valence electrons. The van der Waals surface area contributed by atoms with Crippen molar-refractivity contribution in [3.8, 4) is 0 Å². The first-order chi connectivity index (χ1) is 7.00. The van der Waals surface area contributed by atoms with Crippen LogP contribution in [0.3, 0.4) is 0 Å². The normalized spacial score (nSPS) is 33.5. The van der Waals surface area contributed by atoms with Crippen LogP contribution in [0.25, 0.3) is 0 Å². The fourth-order valence-electron chi connectivity index (χ4n) is 2.68. The van der Waals surface area contributed by atoms with Gasteiger partial charge >= 0.3 is 0 Å². The summed E-state index contributed by atoms with van der Waals surface area (Å²) in [5, 5.41) is 1.56. The molecule has 3 atom stereocenters. The fourth-order valence-corrected chi connectivity index (χ4v) is 4.33. The quantitative estimate of drug-likeness (QED) is 0.617. The molecule has 1 aliphatic rings. The van der Waals surface area contributed by atoms with E-state index in [2.05, 4.69) is 52.5 Å². The molecule has 15 heavy (non-hydrogen) atoms. The predicted octanol–water partition coefficient (Wildman–Crippen LogP) is 4.90. The molecule has 1 rings (SSSR count). The summed E-state index contributed by atoms with van der Waals surface area (Å²) in [7, 11) is 0. The molecule has 0 aromatic heterocycles. The molecule has 1 fully saturated rings. The highest BCUT2D eigenvalue weighted by Gasteiger charge is 2.28. The predicted molar refractivity (Wildman–Crippen MR) is 72.5 cm³/mol. The maximum absolute atomic E-state index is 2.43. The van der Waals surface area contributed by atoms with Gasteiger partial charge in [-0.2, -0.15) is 11.8 Å². The summed E-state index contributed by atoms with van der Waals surface area (Å²) in [6.45, 7) is 11.6. The Bertz CT molecular complexity index is 205. The highest BCUT2D eigenvalue weighted by Crippen LogP contribution is 2.39. The fraction of sp³-hybridized carbons (Fsp3) is 0.857. The van der Waals surface area contributed by atoms with Crippen molar-refractivity contribution in [3.05, 3.63) is 11.6 Å². The number of thioether (sulfide) groups is 1. The Balaban J connectivity index is 2.51. The van der Waals surface area contributed by atoms with Gasteiger partial charge in [-0.05, 0) is 45.4 Å². The zero-order valence-electron chi connectivity index (χ0n) is 10.9. The zero-order chi connectivity index (χ0) is 11.4. The second-order valence-electron chi connectivity index (χ2n) is 5.44. The van der Waals surface area contributed by atoms with Crippen molar-refractivity contribution >= 4 is 11.8 Å². The van der Waals surface area contributed by atoms with Gasteiger partial charge < -0.3 is 0 Å². The lowest BCUT2D eigenvalue weighted by Crippen LogP contribution is -2.28. The Hall–Kier alpha value is 0.0900. The van der Waals surface area contributed by atoms with Crippen molar-refractivity contribution in [3.63, 3.8) is 0 Å². The second kappa shape index (κ2) is 5.98. The summed E-state index contributed by atoms with van der Waals surface area (Å²) in [6, 6.07) is 0. The molecule has 1 saturated carbocycles. The van der Waals surface area contributed by atoms with Crippen molar-refractivity contribution in [2.24, 2.45) is 11.8 Å². The van der Waals surface area contributed by atoms with Crippen molar-refractivity contribution in [2.45, 2.75) is 64.4 Å². The Morgan fingerprint density at radius 2 is 1.73 bits per heavy atom. The molecule has 0 aromatic carbocycles. The number of hydrogen-bond acceptors (Lipinski definition) is 1. The largest absolute Gasteiger partial charge is 0.151 e. The summed E-state index contributed by atoms with van der Waals surface area (Å²) in [5.74, 6) is 1.82. The molecule has 0 aliphatic heterocycles. The van der Waals surface area contributed by atoms with Gasteiger partial charge in [0.05, 0.1) is 0 Å². The monoisotopic (exact) mass is 226 g/mol. The minimum absolute atomic E-state index is 0.683. The van der Waals surface area contributed by atoms with Crippen molar-refractivity contribution in [1.82, 2.24) is 0 Å². The van der Waals surface area contributed by atoms with E-state index < -0.39 is 0 Å². The van der Waals surface area contributed by atoms with E-state index in [1.807, 2.05) is 0 Å². The van der Waals surface area contributed by atoms with E-state index in [1.165, 1.54) is 24.8 Å². The summed E-state index contributed by atoms with van der Waals surface area (Å²) in [6.07, 6.45) is 6.71. The minimum Gasteiger partial charge on any atom is -0.151 e. The van der Waals surface area contributed by atoms with Crippen LogP contribution in [0.2, 0.25) is 0 Å². The maximum atomic E-state index is 2.43. The van der Waals surface area contributed by atoms with E-state index in [0.29, 0.717) is 5.25 Å². The molecule has 1 aliphatic carbocycles. The summed E-state index contributed by atoms with van der Waals surface area (Å²) in [4.78, 5) is 0. The minimum atomic E-state index is 0.683. The summed E-state index contributed by atoms with van der Waals surface area (Å²) < 4.78 is 0. The first-order valence-electron chi connectivity index (χ1n) is 6.31. The molecule has 0 bridgehead atoms. The molecule has 0 nitrogen and oxygen atoms in total. The number of allylic oxidation sites excluding steroid dienone is 1. The Labute approximate surface area is 99.9 Å². The topological polar surface area (TPSA) is 0 Å².